The summed E-state index contributed by atoms with van der Waals surface area (Å²) in [6.07, 6.45) is 1.72. The van der Waals surface area contributed by atoms with E-state index in [2.05, 4.69) is 24.1 Å². The van der Waals surface area contributed by atoms with E-state index in [1.54, 1.807) is 6.20 Å². The maximum absolute atomic E-state index is 13.0. The molecule has 0 bridgehead atoms. The molecule has 0 amide bonds. The van der Waals surface area contributed by atoms with Crippen molar-refractivity contribution in [3.8, 4) is 0 Å². The number of halogens is 1. The number of aromatic nitrogens is 2. The van der Waals surface area contributed by atoms with Gasteiger partial charge in [0, 0.05) is 19.3 Å². The zero-order valence-electron chi connectivity index (χ0n) is 9.08. The first-order valence-corrected chi connectivity index (χ1v) is 4.98. The molecule has 15 heavy (non-hydrogen) atoms. The molecule has 0 aliphatic rings. The van der Waals surface area contributed by atoms with E-state index in [9.17, 15) is 4.39 Å². The van der Waals surface area contributed by atoms with Crippen LogP contribution in [0.2, 0.25) is 0 Å². The molecular formula is C11H14FN3. The van der Waals surface area contributed by atoms with E-state index in [1.807, 2.05) is 11.4 Å². The molecule has 0 aromatic carbocycles. The van der Waals surface area contributed by atoms with Crippen LogP contribution in [0.1, 0.15) is 25.5 Å². The molecular weight excluding hydrogens is 193 g/mol. The van der Waals surface area contributed by atoms with Crippen molar-refractivity contribution in [2.75, 3.05) is 12.4 Å². The summed E-state index contributed by atoms with van der Waals surface area (Å²) in [4.78, 5) is 4.33. The van der Waals surface area contributed by atoms with Crippen molar-refractivity contribution < 1.29 is 4.39 Å². The Balaban J connectivity index is 2.74. The summed E-state index contributed by atoms with van der Waals surface area (Å²) in [6.45, 7) is 4.18. The average Bonchev–Trinajstić information content (AvgIpc) is 2.54. The number of pyridine rings is 1. The minimum atomic E-state index is -0.259. The molecule has 0 unspecified atom stereocenters. The average molecular weight is 207 g/mol. The lowest BCUT2D eigenvalue weighted by Gasteiger charge is -2.07. The second-order valence-corrected chi connectivity index (χ2v) is 3.82. The highest BCUT2D eigenvalue weighted by Gasteiger charge is 2.14. The second kappa shape index (κ2) is 3.53. The minimum absolute atomic E-state index is 0.259. The van der Waals surface area contributed by atoms with Gasteiger partial charge in [-0.05, 0) is 12.0 Å². The van der Waals surface area contributed by atoms with Crippen LogP contribution in [0.4, 0.5) is 10.2 Å². The van der Waals surface area contributed by atoms with Crippen molar-refractivity contribution in [3.05, 3.63) is 29.8 Å². The van der Waals surface area contributed by atoms with Gasteiger partial charge in [-0.15, -0.1) is 0 Å². The predicted molar refractivity (Wildman–Crippen MR) is 58.8 cm³/mol. The number of hydrogen-bond acceptors (Lipinski definition) is 2. The summed E-state index contributed by atoms with van der Waals surface area (Å²) in [5.41, 5.74) is 1.72. The van der Waals surface area contributed by atoms with Gasteiger partial charge in [-0.1, -0.05) is 13.8 Å². The molecule has 0 aliphatic carbocycles. The number of imidazole rings is 1. The Hall–Kier alpha value is -1.58. The van der Waals surface area contributed by atoms with Gasteiger partial charge < -0.3 is 9.72 Å². The van der Waals surface area contributed by atoms with Crippen molar-refractivity contribution >= 4 is 11.5 Å². The Labute approximate surface area is 87.9 Å². The van der Waals surface area contributed by atoms with E-state index < -0.39 is 0 Å². The fraction of sp³-hybridized carbons (Fsp3) is 0.364. The van der Waals surface area contributed by atoms with E-state index in [-0.39, 0.29) is 5.82 Å². The molecule has 0 fully saturated rings. The second-order valence-electron chi connectivity index (χ2n) is 3.82. The Bertz CT molecular complexity index is 488. The van der Waals surface area contributed by atoms with Crippen LogP contribution in [0.3, 0.4) is 0 Å². The molecule has 80 valence electrons. The smallest absolute Gasteiger partial charge is 0.148 e. The van der Waals surface area contributed by atoms with Gasteiger partial charge in [-0.25, -0.2) is 9.37 Å². The number of nitrogens with one attached hydrogen (secondary N) is 1. The van der Waals surface area contributed by atoms with Crippen molar-refractivity contribution in [1.29, 1.82) is 0 Å². The fourth-order valence-corrected chi connectivity index (χ4v) is 1.77. The molecule has 3 nitrogen and oxygen atoms in total. The molecule has 0 radical (unpaired) electrons. The fourth-order valence-electron chi connectivity index (χ4n) is 1.77. The van der Waals surface area contributed by atoms with Gasteiger partial charge in [0.05, 0.1) is 5.69 Å². The van der Waals surface area contributed by atoms with Crippen LogP contribution in [0, 0.1) is 5.82 Å². The van der Waals surface area contributed by atoms with Crippen LogP contribution < -0.4 is 5.32 Å². The van der Waals surface area contributed by atoms with Gasteiger partial charge in [0.1, 0.15) is 17.3 Å². The van der Waals surface area contributed by atoms with Crippen molar-refractivity contribution in [3.63, 3.8) is 0 Å². The maximum Gasteiger partial charge on any atom is 0.148 e. The summed E-state index contributed by atoms with van der Waals surface area (Å²) >= 11 is 0. The third-order valence-corrected chi connectivity index (χ3v) is 2.41. The van der Waals surface area contributed by atoms with Gasteiger partial charge in [0.25, 0.3) is 0 Å². The lowest BCUT2D eigenvalue weighted by molar-refractivity contribution is 0.625. The predicted octanol–water partition coefficient (Wildman–Crippen LogP) is 2.64. The molecule has 0 saturated carbocycles. The van der Waals surface area contributed by atoms with Crippen LogP contribution in [0.25, 0.3) is 5.65 Å². The van der Waals surface area contributed by atoms with Gasteiger partial charge in [-0.2, -0.15) is 0 Å². The van der Waals surface area contributed by atoms with Crippen molar-refractivity contribution in [2.24, 2.45) is 0 Å². The Morgan fingerprint density at radius 3 is 2.80 bits per heavy atom. The van der Waals surface area contributed by atoms with E-state index in [4.69, 9.17) is 0 Å². The van der Waals surface area contributed by atoms with E-state index in [0.29, 0.717) is 11.6 Å². The first-order chi connectivity index (χ1) is 7.13. The topological polar surface area (TPSA) is 29.3 Å². The van der Waals surface area contributed by atoms with Crippen LogP contribution >= 0.6 is 0 Å². The van der Waals surface area contributed by atoms with E-state index in [0.717, 1.165) is 11.5 Å². The molecule has 4 heteroatoms. The SMILES string of the molecule is CNc1nc2cc(F)ccn2c1C(C)C. The standard InChI is InChI=1S/C11H14FN3/c1-7(2)10-11(13-3)14-9-6-8(12)4-5-15(9)10/h4-7,13H,1-3H3. The maximum atomic E-state index is 13.0. The van der Waals surface area contributed by atoms with Crippen LogP contribution in [-0.2, 0) is 0 Å². The lowest BCUT2D eigenvalue weighted by Crippen LogP contribution is -1.99. The molecule has 2 rings (SSSR count). The normalized spacial score (nSPS) is 11.3. The third-order valence-electron chi connectivity index (χ3n) is 2.41. The summed E-state index contributed by atoms with van der Waals surface area (Å²) in [7, 11) is 1.82. The molecule has 2 heterocycles. The summed E-state index contributed by atoms with van der Waals surface area (Å²) in [5, 5.41) is 3.03. The number of rotatable bonds is 2. The molecule has 0 aliphatic heterocycles. The molecule has 1 N–H and O–H groups in total. The highest BCUT2D eigenvalue weighted by Crippen LogP contribution is 2.25. The van der Waals surface area contributed by atoms with E-state index in [1.165, 1.54) is 12.1 Å². The van der Waals surface area contributed by atoms with Crippen LogP contribution in [-0.4, -0.2) is 16.4 Å². The van der Waals surface area contributed by atoms with Crippen LogP contribution in [0.15, 0.2) is 18.3 Å². The number of hydrogen-bond donors (Lipinski definition) is 1. The summed E-state index contributed by atoms with van der Waals surface area (Å²) in [5.74, 6) is 0.897. The first kappa shape index (κ1) is 9.96. The molecule has 0 spiro atoms. The third kappa shape index (κ3) is 1.56. The summed E-state index contributed by atoms with van der Waals surface area (Å²) < 4.78 is 14.9. The quantitative estimate of drug-likeness (QED) is 0.820. The number of nitrogens with zero attached hydrogens (tertiary/aromatic N) is 2. The minimum Gasteiger partial charge on any atom is -0.372 e. The van der Waals surface area contributed by atoms with Crippen LogP contribution in [0.5, 0.6) is 0 Å². The highest BCUT2D eigenvalue weighted by molar-refractivity contribution is 5.55. The molecule has 2 aromatic heterocycles. The summed E-state index contributed by atoms with van der Waals surface area (Å²) in [6, 6.07) is 2.88. The van der Waals surface area contributed by atoms with Gasteiger partial charge in [0.15, 0.2) is 0 Å². The number of fused-ring (bicyclic) bond motifs is 1. The van der Waals surface area contributed by atoms with E-state index >= 15 is 0 Å². The molecule has 2 aromatic rings. The van der Waals surface area contributed by atoms with Crippen molar-refractivity contribution in [2.45, 2.75) is 19.8 Å². The highest BCUT2D eigenvalue weighted by atomic mass is 19.1. The zero-order valence-corrected chi connectivity index (χ0v) is 9.08. The first-order valence-electron chi connectivity index (χ1n) is 4.98. The largest absolute Gasteiger partial charge is 0.372 e. The Morgan fingerprint density at radius 2 is 2.20 bits per heavy atom. The lowest BCUT2D eigenvalue weighted by atomic mass is 10.1. The zero-order chi connectivity index (χ0) is 11.0. The monoisotopic (exact) mass is 207 g/mol. The number of anilines is 1. The Kier molecular flexibility index (Phi) is 2.34. The Morgan fingerprint density at radius 1 is 1.47 bits per heavy atom. The van der Waals surface area contributed by atoms with Gasteiger partial charge in [0.2, 0.25) is 0 Å². The molecule has 0 saturated heterocycles. The van der Waals surface area contributed by atoms with Gasteiger partial charge >= 0.3 is 0 Å². The van der Waals surface area contributed by atoms with Crippen molar-refractivity contribution in [1.82, 2.24) is 9.38 Å². The molecule has 0 atom stereocenters. The van der Waals surface area contributed by atoms with Gasteiger partial charge in [-0.3, -0.25) is 0 Å².